The Kier molecular flexibility index (Phi) is 6.94. The van der Waals surface area contributed by atoms with Crippen molar-refractivity contribution in [1.82, 2.24) is 5.32 Å². The molecule has 24 heavy (non-hydrogen) atoms. The number of hydrogen-bond donors (Lipinski definition) is 1. The van der Waals surface area contributed by atoms with Gasteiger partial charge in [-0.15, -0.1) is 0 Å². The minimum atomic E-state index is -0.0700. The first-order valence-electron chi connectivity index (χ1n) is 7.99. The number of amides is 1. The quantitative estimate of drug-likeness (QED) is 0.770. The number of rotatable bonds is 8. The van der Waals surface area contributed by atoms with Gasteiger partial charge in [0, 0.05) is 5.02 Å². The SMILES string of the molecule is CCOc1ccc([C@@H](C)NC(=O)CCOc2cccc(Cl)c2)cc1. The second kappa shape index (κ2) is 9.18. The molecular formula is C19H22ClNO3. The molecule has 128 valence electrons. The van der Waals surface area contributed by atoms with Crippen molar-refractivity contribution in [3.8, 4) is 11.5 Å². The Morgan fingerprint density at radius 1 is 1.12 bits per heavy atom. The monoisotopic (exact) mass is 347 g/mol. The van der Waals surface area contributed by atoms with Crippen molar-refractivity contribution in [3.05, 3.63) is 59.1 Å². The molecule has 0 bridgehead atoms. The number of carbonyl (C=O) groups is 1. The predicted octanol–water partition coefficient (Wildman–Crippen LogP) is 4.39. The summed E-state index contributed by atoms with van der Waals surface area (Å²) in [6.45, 7) is 4.84. The molecule has 0 aliphatic carbocycles. The summed E-state index contributed by atoms with van der Waals surface area (Å²) in [5.74, 6) is 1.43. The molecule has 0 spiro atoms. The van der Waals surface area contributed by atoms with Gasteiger partial charge in [-0.25, -0.2) is 0 Å². The summed E-state index contributed by atoms with van der Waals surface area (Å²) < 4.78 is 10.9. The zero-order chi connectivity index (χ0) is 17.4. The lowest BCUT2D eigenvalue weighted by Crippen LogP contribution is -2.27. The van der Waals surface area contributed by atoms with Gasteiger partial charge in [0.05, 0.1) is 25.7 Å². The van der Waals surface area contributed by atoms with E-state index in [1.807, 2.05) is 50.2 Å². The van der Waals surface area contributed by atoms with Crippen molar-refractivity contribution in [3.63, 3.8) is 0 Å². The summed E-state index contributed by atoms with van der Waals surface area (Å²) in [6.07, 6.45) is 0.286. The Bertz CT molecular complexity index is 658. The smallest absolute Gasteiger partial charge is 0.223 e. The molecule has 1 N–H and O–H groups in total. The molecule has 0 radical (unpaired) electrons. The fourth-order valence-corrected chi connectivity index (χ4v) is 2.42. The van der Waals surface area contributed by atoms with Gasteiger partial charge >= 0.3 is 0 Å². The highest BCUT2D eigenvalue weighted by Crippen LogP contribution is 2.18. The number of nitrogens with one attached hydrogen (secondary N) is 1. The van der Waals surface area contributed by atoms with Gasteiger partial charge < -0.3 is 14.8 Å². The van der Waals surface area contributed by atoms with E-state index in [1.54, 1.807) is 12.1 Å². The van der Waals surface area contributed by atoms with Crippen LogP contribution in [0.4, 0.5) is 0 Å². The van der Waals surface area contributed by atoms with Crippen LogP contribution in [-0.4, -0.2) is 19.1 Å². The zero-order valence-corrected chi connectivity index (χ0v) is 14.7. The van der Waals surface area contributed by atoms with Gasteiger partial charge in [-0.05, 0) is 49.7 Å². The second-order valence-electron chi connectivity index (χ2n) is 5.35. The predicted molar refractivity (Wildman–Crippen MR) is 95.7 cm³/mol. The molecule has 1 amide bonds. The molecule has 0 heterocycles. The Labute approximate surface area is 147 Å². The summed E-state index contributed by atoms with van der Waals surface area (Å²) in [6, 6.07) is 14.8. The molecule has 0 saturated carbocycles. The van der Waals surface area contributed by atoms with Gasteiger partial charge in [0.15, 0.2) is 0 Å². The molecule has 0 saturated heterocycles. The van der Waals surface area contributed by atoms with Crippen molar-refractivity contribution in [2.24, 2.45) is 0 Å². The van der Waals surface area contributed by atoms with E-state index in [-0.39, 0.29) is 18.4 Å². The van der Waals surface area contributed by atoms with Crippen LogP contribution >= 0.6 is 11.6 Å². The van der Waals surface area contributed by atoms with Crippen LogP contribution in [0.3, 0.4) is 0 Å². The lowest BCUT2D eigenvalue weighted by atomic mass is 10.1. The van der Waals surface area contributed by atoms with Gasteiger partial charge in [-0.2, -0.15) is 0 Å². The van der Waals surface area contributed by atoms with E-state index < -0.39 is 0 Å². The summed E-state index contributed by atoms with van der Waals surface area (Å²) >= 11 is 5.89. The van der Waals surface area contributed by atoms with E-state index in [4.69, 9.17) is 21.1 Å². The molecule has 4 nitrogen and oxygen atoms in total. The number of hydrogen-bond acceptors (Lipinski definition) is 3. The third-order valence-electron chi connectivity index (χ3n) is 3.46. The van der Waals surface area contributed by atoms with Crippen LogP contribution in [0.1, 0.15) is 31.9 Å². The molecule has 5 heteroatoms. The Hall–Kier alpha value is -2.20. The second-order valence-corrected chi connectivity index (χ2v) is 5.78. The largest absolute Gasteiger partial charge is 0.494 e. The van der Waals surface area contributed by atoms with E-state index in [9.17, 15) is 4.79 Å². The van der Waals surface area contributed by atoms with E-state index in [1.165, 1.54) is 0 Å². The summed E-state index contributed by atoms with van der Waals surface area (Å²) in [5.41, 5.74) is 1.03. The molecule has 1 atom stereocenters. The molecule has 2 aromatic carbocycles. The van der Waals surface area contributed by atoms with Crippen molar-refractivity contribution in [2.45, 2.75) is 26.3 Å². The molecule has 2 rings (SSSR count). The van der Waals surface area contributed by atoms with Crippen LogP contribution in [0.15, 0.2) is 48.5 Å². The number of halogens is 1. The lowest BCUT2D eigenvalue weighted by molar-refractivity contribution is -0.122. The topological polar surface area (TPSA) is 47.6 Å². The maximum Gasteiger partial charge on any atom is 0.223 e. The van der Waals surface area contributed by atoms with Crippen LogP contribution in [0.5, 0.6) is 11.5 Å². The summed E-state index contributed by atoms with van der Waals surface area (Å²) in [5, 5.41) is 3.57. The molecule has 2 aromatic rings. The highest BCUT2D eigenvalue weighted by atomic mass is 35.5. The van der Waals surface area contributed by atoms with Crippen LogP contribution in [0, 0.1) is 0 Å². The zero-order valence-electron chi connectivity index (χ0n) is 13.9. The standard InChI is InChI=1S/C19H22ClNO3/c1-3-23-17-9-7-15(8-10-17)14(2)21-19(22)11-12-24-18-6-4-5-16(20)13-18/h4-10,13-14H,3,11-12H2,1-2H3,(H,21,22)/t14-/m1/s1. The van der Waals surface area contributed by atoms with Gasteiger partial charge in [0.1, 0.15) is 11.5 Å². The number of ether oxygens (including phenoxy) is 2. The van der Waals surface area contributed by atoms with Gasteiger partial charge in [0.2, 0.25) is 5.91 Å². The molecule has 0 unspecified atom stereocenters. The average molecular weight is 348 g/mol. The van der Waals surface area contributed by atoms with Crippen LogP contribution < -0.4 is 14.8 Å². The molecule has 0 aromatic heterocycles. The van der Waals surface area contributed by atoms with Crippen LogP contribution in [0.25, 0.3) is 0 Å². The maximum atomic E-state index is 12.0. The minimum absolute atomic E-state index is 0.0570. The fraction of sp³-hybridized carbons (Fsp3) is 0.316. The van der Waals surface area contributed by atoms with Crippen molar-refractivity contribution in [2.75, 3.05) is 13.2 Å². The molecule has 0 fully saturated rings. The third-order valence-corrected chi connectivity index (χ3v) is 3.70. The number of carbonyl (C=O) groups excluding carboxylic acids is 1. The fourth-order valence-electron chi connectivity index (χ4n) is 2.23. The highest BCUT2D eigenvalue weighted by molar-refractivity contribution is 6.30. The van der Waals surface area contributed by atoms with E-state index in [0.29, 0.717) is 24.0 Å². The highest BCUT2D eigenvalue weighted by Gasteiger charge is 2.10. The first-order chi connectivity index (χ1) is 11.6. The molecular weight excluding hydrogens is 326 g/mol. The summed E-state index contributed by atoms with van der Waals surface area (Å²) in [4.78, 5) is 12.0. The minimum Gasteiger partial charge on any atom is -0.494 e. The lowest BCUT2D eigenvalue weighted by Gasteiger charge is -2.15. The van der Waals surface area contributed by atoms with Crippen molar-refractivity contribution >= 4 is 17.5 Å². The maximum absolute atomic E-state index is 12.0. The van der Waals surface area contributed by atoms with E-state index >= 15 is 0 Å². The van der Waals surface area contributed by atoms with Gasteiger partial charge in [0.25, 0.3) is 0 Å². The molecule has 0 aliphatic rings. The third kappa shape index (κ3) is 5.78. The van der Waals surface area contributed by atoms with Gasteiger partial charge in [-0.3, -0.25) is 4.79 Å². The summed E-state index contributed by atoms with van der Waals surface area (Å²) in [7, 11) is 0. The Morgan fingerprint density at radius 2 is 1.88 bits per heavy atom. The Morgan fingerprint density at radius 3 is 2.54 bits per heavy atom. The van der Waals surface area contributed by atoms with E-state index in [2.05, 4.69) is 5.32 Å². The van der Waals surface area contributed by atoms with Crippen molar-refractivity contribution < 1.29 is 14.3 Å². The van der Waals surface area contributed by atoms with E-state index in [0.717, 1.165) is 11.3 Å². The van der Waals surface area contributed by atoms with Gasteiger partial charge in [-0.1, -0.05) is 29.8 Å². The molecule has 0 aliphatic heterocycles. The first-order valence-corrected chi connectivity index (χ1v) is 8.36. The van der Waals surface area contributed by atoms with Crippen LogP contribution in [-0.2, 0) is 4.79 Å². The average Bonchev–Trinajstić information content (AvgIpc) is 2.56. The van der Waals surface area contributed by atoms with Crippen molar-refractivity contribution in [1.29, 1.82) is 0 Å². The van der Waals surface area contributed by atoms with Crippen LogP contribution in [0.2, 0.25) is 5.02 Å². The number of benzene rings is 2. The normalized spacial score (nSPS) is 11.6. The Balaban J connectivity index is 1.76. The first kappa shape index (κ1) is 18.1.